The van der Waals surface area contributed by atoms with Gasteiger partial charge in [-0.05, 0) is 42.5 Å². The van der Waals surface area contributed by atoms with Crippen molar-refractivity contribution in [3.8, 4) is 0 Å². The van der Waals surface area contributed by atoms with Gasteiger partial charge in [0.15, 0.2) is 0 Å². The fraction of sp³-hybridized carbons (Fsp3) is 0.455. The van der Waals surface area contributed by atoms with Crippen molar-refractivity contribution in [3.05, 3.63) is 35.1 Å². The predicted octanol–water partition coefficient (Wildman–Crippen LogP) is 2.59. The molecule has 1 aliphatic rings. The van der Waals surface area contributed by atoms with E-state index in [-0.39, 0.29) is 5.82 Å². The van der Waals surface area contributed by atoms with Crippen molar-refractivity contribution in [2.75, 3.05) is 0 Å². The van der Waals surface area contributed by atoms with Crippen LogP contribution in [0.25, 0.3) is 0 Å². The number of hydrogen-bond acceptors (Lipinski definition) is 1. The molecule has 0 saturated heterocycles. The molecule has 0 fully saturated rings. The molecule has 1 atom stereocenters. The fourth-order valence-electron chi connectivity index (χ4n) is 1.91. The Kier molecular flexibility index (Phi) is 2.32. The minimum Gasteiger partial charge on any atom is -0.388 e. The molecule has 2 rings (SSSR count). The predicted molar refractivity (Wildman–Crippen MR) is 48.9 cm³/mol. The Bertz CT molecular complexity index is 309. The van der Waals surface area contributed by atoms with Crippen LogP contribution in [0.15, 0.2) is 18.2 Å². The number of halogens is 1. The average Bonchev–Trinajstić information content (AvgIpc) is 2.29. The highest BCUT2D eigenvalue weighted by Gasteiger charge is 2.16. The lowest BCUT2D eigenvalue weighted by Crippen LogP contribution is -1.99. The summed E-state index contributed by atoms with van der Waals surface area (Å²) in [7, 11) is 0. The summed E-state index contributed by atoms with van der Waals surface area (Å²) in [5, 5.41) is 9.70. The fourth-order valence-corrected chi connectivity index (χ4v) is 1.91. The van der Waals surface area contributed by atoms with Gasteiger partial charge in [-0.1, -0.05) is 12.5 Å². The van der Waals surface area contributed by atoms with Crippen LogP contribution in [0.3, 0.4) is 0 Å². The molecule has 0 aliphatic heterocycles. The van der Waals surface area contributed by atoms with Gasteiger partial charge < -0.3 is 5.11 Å². The van der Waals surface area contributed by atoms with E-state index in [2.05, 4.69) is 0 Å². The number of rotatable bonds is 0. The summed E-state index contributed by atoms with van der Waals surface area (Å²) in [5.74, 6) is -0.250. The first-order valence-electron chi connectivity index (χ1n) is 4.74. The Hall–Kier alpha value is -0.890. The van der Waals surface area contributed by atoms with Crippen LogP contribution >= 0.6 is 0 Å². The topological polar surface area (TPSA) is 20.2 Å². The lowest BCUT2D eigenvalue weighted by molar-refractivity contribution is 0.166. The van der Waals surface area contributed by atoms with Crippen LogP contribution in [0.1, 0.15) is 36.5 Å². The van der Waals surface area contributed by atoms with Gasteiger partial charge in [0.05, 0.1) is 6.10 Å². The van der Waals surface area contributed by atoms with Gasteiger partial charge in [-0.15, -0.1) is 0 Å². The van der Waals surface area contributed by atoms with Crippen LogP contribution in [0, 0.1) is 5.82 Å². The molecule has 1 aromatic rings. The molecule has 2 heteroatoms. The molecule has 0 heterocycles. The van der Waals surface area contributed by atoms with E-state index in [0.717, 1.165) is 36.8 Å². The quantitative estimate of drug-likeness (QED) is 0.608. The maximum atomic E-state index is 12.9. The molecule has 13 heavy (non-hydrogen) atoms. The smallest absolute Gasteiger partial charge is 0.123 e. The minimum atomic E-state index is -0.465. The van der Waals surface area contributed by atoms with Gasteiger partial charge in [0, 0.05) is 0 Å². The summed E-state index contributed by atoms with van der Waals surface area (Å²) < 4.78 is 12.9. The monoisotopic (exact) mass is 180 g/mol. The molecule has 1 unspecified atom stereocenters. The first-order valence-corrected chi connectivity index (χ1v) is 4.74. The van der Waals surface area contributed by atoms with Crippen LogP contribution in [-0.2, 0) is 6.42 Å². The molecular formula is C11H13FO. The number of aryl methyl sites for hydroxylation is 1. The van der Waals surface area contributed by atoms with Crippen LogP contribution in [0.5, 0.6) is 0 Å². The third kappa shape index (κ3) is 1.73. The lowest BCUT2D eigenvalue weighted by Gasteiger charge is -2.10. The number of hydrogen-bond donors (Lipinski definition) is 1. The Morgan fingerprint density at radius 2 is 2.15 bits per heavy atom. The van der Waals surface area contributed by atoms with Crippen LogP contribution in [-0.4, -0.2) is 5.11 Å². The van der Waals surface area contributed by atoms with Crippen molar-refractivity contribution in [2.45, 2.75) is 31.8 Å². The van der Waals surface area contributed by atoms with Crippen molar-refractivity contribution in [3.63, 3.8) is 0 Å². The van der Waals surface area contributed by atoms with Gasteiger partial charge in [-0.25, -0.2) is 4.39 Å². The van der Waals surface area contributed by atoms with E-state index >= 15 is 0 Å². The van der Waals surface area contributed by atoms with E-state index in [1.54, 1.807) is 6.07 Å². The number of aliphatic hydroxyl groups excluding tert-OH is 1. The van der Waals surface area contributed by atoms with Crippen molar-refractivity contribution in [1.82, 2.24) is 0 Å². The molecule has 0 radical (unpaired) electrons. The summed E-state index contributed by atoms with van der Waals surface area (Å²) in [6.07, 6.45) is 3.38. The van der Waals surface area contributed by atoms with Crippen molar-refractivity contribution in [1.29, 1.82) is 0 Å². The second kappa shape index (κ2) is 3.46. The van der Waals surface area contributed by atoms with E-state index in [0.29, 0.717) is 0 Å². The largest absolute Gasteiger partial charge is 0.388 e. The Labute approximate surface area is 77.2 Å². The summed E-state index contributed by atoms with van der Waals surface area (Å²) in [6, 6.07) is 4.72. The van der Waals surface area contributed by atoms with Gasteiger partial charge in [-0.2, -0.15) is 0 Å². The van der Waals surface area contributed by atoms with Crippen LogP contribution in [0.4, 0.5) is 4.39 Å². The van der Waals surface area contributed by atoms with Gasteiger partial charge >= 0.3 is 0 Å². The maximum Gasteiger partial charge on any atom is 0.123 e. The van der Waals surface area contributed by atoms with E-state index in [1.807, 2.05) is 0 Å². The lowest BCUT2D eigenvalue weighted by atomic mass is 10.0. The highest BCUT2D eigenvalue weighted by Crippen LogP contribution is 2.28. The molecule has 0 bridgehead atoms. The first-order chi connectivity index (χ1) is 6.27. The molecule has 0 aromatic heterocycles. The molecule has 1 aliphatic carbocycles. The molecule has 1 nitrogen and oxygen atoms in total. The molecule has 0 amide bonds. The molecule has 1 aromatic carbocycles. The molecule has 70 valence electrons. The van der Waals surface area contributed by atoms with Crippen molar-refractivity contribution in [2.24, 2.45) is 0 Å². The van der Waals surface area contributed by atoms with Gasteiger partial charge in [0.1, 0.15) is 5.82 Å². The summed E-state index contributed by atoms with van der Waals surface area (Å²) >= 11 is 0. The number of aliphatic hydroxyl groups is 1. The normalized spacial score (nSPS) is 22.2. The number of benzene rings is 1. The van der Waals surface area contributed by atoms with Gasteiger partial charge in [0.2, 0.25) is 0 Å². The van der Waals surface area contributed by atoms with Crippen LogP contribution in [0.2, 0.25) is 0 Å². The highest BCUT2D eigenvalue weighted by molar-refractivity contribution is 5.30. The second-order valence-corrected chi connectivity index (χ2v) is 3.60. The maximum absolute atomic E-state index is 12.9. The Morgan fingerprint density at radius 3 is 3.00 bits per heavy atom. The van der Waals surface area contributed by atoms with E-state index in [1.165, 1.54) is 12.1 Å². The second-order valence-electron chi connectivity index (χ2n) is 3.60. The van der Waals surface area contributed by atoms with Crippen molar-refractivity contribution >= 4 is 0 Å². The Morgan fingerprint density at radius 1 is 1.31 bits per heavy atom. The highest BCUT2D eigenvalue weighted by atomic mass is 19.1. The molecular weight excluding hydrogens is 167 g/mol. The van der Waals surface area contributed by atoms with Gasteiger partial charge in [0.25, 0.3) is 0 Å². The molecule has 0 saturated carbocycles. The molecule has 1 N–H and O–H groups in total. The summed E-state index contributed by atoms with van der Waals surface area (Å²) in [6.45, 7) is 0. The zero-order chi connectivity index (χ0) is 9.26. The first kappa shape index (κ1) is 8.70. The SMILES string of the molecule is OC1CCCCc2ccc(F)cc21. The third-order valence-electron chi connectivity index (χ3n) is 2.64. The van der Waals surface area contributed by atoms with Crippen LogP contribution < -0.4 is 0 Å². The molecule has 0 spiro atoms. The average molecular weight is 180 g/mol. The zero-order valence-corrected chi connectivity index (χ0v) is 7.46. The Balaban J connectivity index is 2.43. The van der Waals surface area contributed by atoms with E-state index in [4.69, 9.17) is 0 Å². The van der Waals surface area contributed by atoms with E-state index < -0.39 is 6.10 Å². The third-order valence-corrected chi connectivity index (χ3v) is 2.64. The van der Waals surface area contributed by atoms with Crippen molar-refractivity contribution < 1.29 is 9.50 Å². The standard InChI is InChI=1S/C11H13FO/c12-9-6-5-8-3-1-2-4-11(13)10(8)7-9/h5-7,11,13H,1-4H2. The zero-order valence-electron chi connectivity index (χ0n) is 7.46. The number of fused-ring (bicyclic) bond motifs is 1. The minimum absolute atomic E-state index is 0.250. The summed E-state index contributed by atoms with van der Waals surface area (Å²) in [5.41, 5.74) is 1.89. The van der Waals surface area contributed by atoms with E-state index in [9.17, 15) is 9.50 Å². The van der Waals surface area contributed by atoms with Gasteiger partial charge in [-0.3, -0.25) is 0 Å². The summed E-state index contributed by atoms with van der Waals surface area (Å²) in [4.78, 5) is 0.